The smallest absolute Gasteiger partial charge is 0.325 e. The normalized spacial score (nSPS) is 12.3. The van der Waals surface area contributed by atoms with Crippen molar-refractivity contribution in [3.05, 3.63) is 102 Å². The molecule has 3 rings (SSSR count). The van der Waals surface area contributed by atoms with Crippen LogP contribution in [0.2, 0.25) is 0 Å². The van der Waals surface area contributed by atoms with Crippen molar-refractivity contribution in [3.63, 3.8) is 0 Å². The Balaban J connectivity index is 1.76. The number of para-hydroxylation sites is 1. The van der Waals surface area contributed by atoms with Crippen molar-refractivity contribution in [3.8, 4) is 0 Å². The van der Waals surface area contributed by atoms with Crippen molar-refractivity contribution in [2.45, 2.75) is 32.0 Å². The summed E-state index contributed by atoms with van der Waals surface area (Å²) in [6, 6.07) is 26.1. The highest BCUT2D eigenvalue weighted by atomic mass is 16.5. The Kier molecular flexibility index (Phi) is 9.59. The molecule has 2 atom stereocenters. The maximum absolute atomic E-state index is 13.4. The first-order chi connectivity index (χ1) is 17.3. The molecule has 0 bridgehead atoms. The van der Waals surface area contributed by atoms with Gasteiger partial charge in [-0.3, -0.25) is 24.7 Å². The van der Waals surface area contributed by atoms with Gasteiger partial charge in [0.2, 0.25) is 0 Å². The summed E-state index contributed by atoms with van der Waals surface area (Å²) in [5.41, 5.74) is 2.41. The summed E-state index contributed by atoms with van der Waals surface area (Å²) in [6.45, 7) is 1.19. The first-order valence-corrected chi connectivity index (χ1v) is 11.7. The Morgan fingerprint density at radius 3 is 1.94 bits per heavy atom. The zero-order valence-corrected chi connectivity index (χ0v) is 20.4. The van der Waals surface area contributed by atoms with E-state index in [1.54, 1.807) is 38.2 Å². The van der Waals surface area contributed by atoms with Gasteiger partial charge in [0.15, 0.2) is 0 Å². The number of hydrogen-bond acceptors (Lipinski definition) is 6. The van der Waals surface area contributed by atoms with E-state index >= 15 is 0 Å². The molecule has 0 aliphatic rings. The number of carbonyl (C=O) groups is 3. The number of esters is 1. The van der Waals surface area contributed by atoms with Crippen molar-refractivity contribution in [2.75, 3.05) is 18.6 Å². The first kappa shape index (κ1) is 26.4. The second-order valence-electron chi connectivity index (χ2n) is 8.37. The molecular formula is C28H31N3O5. The van der Waals surface area contributed by atoms with Crippen LogP contribution in [0.25, 0.3) is 0 Å². The minimum absolute atomic E-state index is 0.108. The lowest BCUT2D eigenvalue weighted by atomic mass is 10.0. The molecule has 0 fully saturated rings. The van der Waals surface area contributed by atoms with Crippen molar-refractivity contribution >= 4 is 23.5 Å². The minimum atomic E-state index is -1.15. The summed E-state index contributed by atoms with van der Waals surface area (Å²) in [7, 11) is 1.62. The van der Waals surface area contributed by atoms with Gasteiger partial charge in [-0.25, -0.2) is 5.01 Å². The summed E-state index contributed by atoms with van der Waals surface area (Å²) < 4.78 is 5.55. The van der Waals surface area contributed by atoms with Crippen LogP contribution >= 0.6 is 0 Å². The zero-order valence-electron chi connectivity index (χ0n) is 20.4. The lowest BCUT2D eigenvalue weighted by Gasteiger charge is -2.35. The predicted octanol–water partition coefficient (Wildman–Crippen LogP) is 3.28. The van der Waals surface area contributed by atoms with Crippen molar-refractivity contribution in [1.29, 1.82) is 0 Å². The van der Waals surface area contributed by atoms with Crippen LogP contribution in [0, 0.1) is 0 Å². The van der Waals surface area contributed by atoms with Gasteiger partial charge in [-0.05, 0) is 36.6 Å². The molecule has 3 aromatic carbocycles. The molecule has 0 heterocycles. The molecule has 0 aromatic heterocycles. The van der Waals surface area contributed by atoms with Gasteiger partial charge in [0, 0.05) is 7.05 Å². The van der Waals surface area contributed by atoms with Gasteiger partial charge in [-0.1, -0.05) is 78.9 Å². The summed E-state index contributed by atoms with van der Waals surface area (Å²) in [5.74, 6) is -2.14. The average molecular weight is 490 g/mol. The molecule has 8 nitrogen and oxygen atoms in total. The number of amides is 1. The highest BCUT2D eigenvalue weighted by molar-refractivity contribution is 5.87. The topological polar surface area (TPSA) is 99.2 Å². The molecule has 0 saturated heterocycles. The maximum Gasteiger partial charge on any atom is 0.325 e. The number of nitrogens with one attached hydrogen (secondary N) is 1. The molecule has 36 heavy (non-hydrogen) atoms. The fraction of sp³-hybridized carbons (Fsp3) is 0.250. The Morgan fingerprint density at radius 2 is 1.39 bits per heavy atom. The van der Waals surface area contributed by atoms with Crippen LogP contribution in [0.15, 0.2) is 91.0 Å². The molecule has 0 aliphatic carbocycles. The van der Waals surface area contributed by atoms with Gasteiger partial charge in [0.25, 0.3) is 5.91 Å². The fourth-order valence-corrected chi connectivity index (χ4v) is 3.73. The molecule has 8 heteroatoms. The van der Waals surface area contributed by atoms with Crippen LogP contribution in [-0.4, -0.2) is 53.6 Å². The minimum Gasteiger partial charge on any atom is -0.480 e. The number of benzene rings is 3. The van der Waals surface area contributed by atoms with E-state index in [1.807, 2.05) is 66.7 Å². The van der Waals surface area contributed by atoms with E-state index in [2.05, 4.69) is 5.32 Å². The molecule has 0 radical (unpaired) electrons. The van der Waals surface area contributed by atoms with Gasteiger partial charge in [0.1, 0.15) is 19.2 Å². The molecule has 0 spiro atoms. The average Bonchev–Trinajstić information content (AvgIpc) is 2.90. The highest BCUT2D eigenvalue weighted by Gasteiger charge is 2.30. The summed E-state index contributed by atoms with van der Waals surface area (Å²) in [5, 5.41) is 15.2. The largest absolute Gasteiger partial charge is 0.480 e. The Bertz CT molecular complexity index is 1130. The third-order valence-electron chi connectivity index (χ3n) is 5.64. The molecular weight excluding hydrogens is 458 g/mol. The van der Waals surface area contributed by atoms with Crippen LogP contribution in [0.5, 0.6) is 0 Å². The van der Waals surface area contributed by atoms with Crippen LogP contribution in [0.3, 0.4) is 0 Å². The van der Waals surface area contributed by atoms with E-state index in [0.717, 1.165) is 16.1 Å². The fourth-order valence-electron chi connectivity index (χ4n) is 3.73. The number of hydrogen-bond donors (Lipinski definition) is 2. The second kappa shape index (κ2) is 13.1. The number of anilines is 1. The van der Waals surface area contributed by atoms with E-state index in [-0.39, 0.29) is 6.61 Å². The molecule has 1 amide bonds. The monoisotopic (exact) mass is 489 g/mol. The molecule has 2 unspecified atom stereocenters. The lowest BCUT2D eigenvalue weighted by molar-refractivity contribution is -0.149. The number of ether oxygens (including phenoxy) is 1. The summed E-state index contributed by atoms with van der Waals surface area (Å²) in [6.07, 6.45) is 0.305. The molecule has 3 aromatic rings. The highest BCUT2D eigenvalue weighted by Crippen LogP contribution is 2.15. The van der Waals surface area contributed by atoms with Gasteiger partial charge in [-0.15, -0.1) is 0 Å². The van der Waals surface area contributed by atoms with Crippen LogP contribution in [-0.2, 0) is 32.1 Å². The van der Waals surface area contributed by atoms with Crippen molar-refractivity contribution < 1.29 is 24.2 Å². The SMILES string of the molecule is CC(NC(Cc1ccccc1)C(=O)OCc1ccccc1)C(=O)N(CC(=O)O)N(C)c1ccccc1. The van der Waals surface area contributed by atoms with Crippen molar-refractivity contribution in [2.24, 2.45) is 0 Å². The van der Waals surface area contributed by atoms with Gasteiger partial charge < -0.3 is 9.84 Å². The van der Waals surface area contributed by atoms with Gasteiger partial charge >= 0.3 is 11.9 Å². The third kappa shape index (κ3) is 7.68. The summed E-state index contributed by atoms with van der Waals surface area (Å²) in [4.78, 5) is 38.0. The molecule has 2 N–H and O–H groups in total. The number of carboxylic acids is 1. The number of hydrazine groups is 1. The molecule has 0 saturated carbocycles. The van der Waals surface area contributed by atoms with E-state index in [0.29, 0.717) is 12.1 Å². The second-order valence-corrected chi connectivity index (χ2v) is 8.37. The molecule has 188 valence electrons. The van der Waals surface area contributed by atoms with E-state index in [9.17, 15) is 19.5 Å². The van der Waals surface area contributed by atoms with Crippen LogP contribution in [0.1, 0.15) is 18.1 Å². The van der Waals surface area contributed by atoms with E-state index in [1.165, 1.54) is 5.01 Å². The quantitative estimate of drug-likeness (QED) is 0.298. The van der Waals surface area contributed by atoms with Gasteiger partial charge in [0.05, 0.1) is 11.7 Å². The standard InChI is InChI=1S/C28H31N3O5/c1-21(27(34)31(19-26(32)33)30(2)24-16-10-5-11-17-24)29-25(18-22-12-6-3-7-13-22)28(35)36-20-23-14-8-4-9-15-23/h3-17,21,25,29H,18-20H2,1-2H3,(H,32,33). The maximum atomic E-state index is 13.4. The zero-order chi connectivity index (χ0) is 25.9. The number of carbonyl (C=O) groups excluding carboxylic acids is 2. The third-order valence-corrected chi connectivity index (χ3v) is 5.64. The number of aliphatic carboxylic acids is 1. The van der Waals surface area contributed by atoms with Crippen LogP contribution < -0.4 is 10.3 Å². The number of carboxylic acid groups (broad SMARTS) is 1. The van der Waals surface area contributed by atoms with Gasteiger partial charge in [-0.2, -0.15) is 0 Å². The van der Waals surface area contributed by atoms with Crippen molar-refractivity contribution in [1.82, 2.24) is 10.3 Å². The predicted molar refractivity (Wildman–Crippen MR) is 137 cm³/mol. The Morgan fingerprint density at radius 1 is 0.861 bits per heavy atom. The lowest BCUT2D eigenvalue weighted by Crippen LogP contribution is -2.56. The van der Waals surface area contributed by atoms with E-state index in [4.69, 9.17) is 4.74 Å². The Labute approximate surface area is 211 Å². The first-order valence-electron chi connectivity index (χ1n) is 11.7. The van der Waals surface area contributed by atoms with Crippen LogP contribution in [0.4, 0.5) is 5.69 Å². The number of rotatable bonds is 12. The molecule has 0 aliphatic heterocycles. The number of nitrogens with zero attached hydrogens (tertiary/aromatic N) is 2. The Hall–Kier alpha value is -4.17. The van der Waals surface area contributed by atoms with E-state index < -0.39 is 36.5 Å². The summed E-state index contributed by atoms with van der Waals surface area (Å²) >= 11 is 0.